The number of halogens is 1. The number of rotatable bonds is 2. The van der Waals surface area contributed by atoms with E-state index in [9.17, 15) is 9.90 Å². The summed E-state index contributed by atoms with van der Waals surface area (Å²) < 4.78 is 12.8. The first-order chi connectivity index (χ1) is 12.9. The normalized spacial score (nSPS) is 28.3. The number of ether oxygens (including phenoxy) is 2. The van der Waals surface area contributed by atoms with E-state index in [1.807, 2.05) is 30.9 Å². The van der Waals surface area contributed by atoms with Gasteiger partial charge in [0.2, 0.25) is 0 Å². The van der Waals surface area contributed by atoms with Gasteiger partial charge < -0.3 is 24.8 Å². The van der Waals surface area contributed by atoms with E-state index in [2.05, 4.69) is 27.3 Å². The first-order valence-electron chi connectivity index (χ1n) is 9.35. The molecule has 1 aromatic rings. The second kappa shape index (κ2) is 6.71. The minimum atomic E-state index is -0.517. The van der Waals surface area contributed by atoms with Gasteiger partial charge in [0.25, 0.3) is 0 Å². The van der Waals surface area contributed by atoms with Crippen LogP contribution in [0.4, 0.5) is 4.79 Å². The summed E-state index contributed by atoms with van der Waals surface area (Å²) in [6.45, 7) is 5.03. The van der Waals surface area contributed by atoms with Crippen molar-refractivity contribution in [2.45, 2.75) is 56.9 Å². The third-order valence-corrected chi connectivity index (χ3v) is 6.44. The molecule has 2 N–H and O–H groups in total. The molecule has 0 aromatic heterocycles. The molecule has 6 nitrogen and oxygen atoms in total. The maximum Gasteiger partial charge on any atom is 0.317 e. The topological polar surface area (TPSA) is 71.0 Å². The molecule has 3 unspecified atom stereocenters. The Bertz CT molecular complexity index is 810. The maximum atomic E-state index is 12.7. The fourth-order valence-electron chi connectivity index (χ4n) is 4.47. The molecule has 1 aromatic carbocycles. The van der Waals surface area contributed by atoms with E-state index < -0.39 is 6.10 Å². The van der Waals surface area contributed by atoms with Crippen LogP contribution in [0, 0.1) is 0 Å². The largest absolute Gasteiger partial charge is 0.493 e. The van der Waals surface area contributed by atoms with Crippen LogP contribution in [0.15, 0.2) is 22.7 Å². The summed E-state index contributed by atoms with van der Waals surface area (Å²) in [5, 5.41) is 13.1. The minimum absolute atomic E-state index is 0.0601. The molecule has 3 aliphatic rings. The second-order valence-corrected chi connectivity index (χ2v) is 8.68. The Morgan fingerprint density at radius 1 is 1.52 bits per heavy atom. The van der Waals surface area contributed by atoms with E-state index in [-0.39, 0.29) is 23.6 Å². The zero-order valence-corrected chi connectivity index (χ0v) is 17.4. The number of nitrogens with one attached hydrogen (secondary N) is 1. The van der Waals surface area contributed by atoms with Gasteiger partial charge in [-0.05, 0) is 31.9 Å². The summed E-state index contributed by atoms with van der Waals surface area (Å²) in [4.78, 5) is 14.6. The number of carbonyl (C=O) groups is 1. The van der Waals surface area contributed by atoms with Crippen LogP contribution in [0.5, 0.6) is 11.5 Å². The molecule has 27 heavy (non-hydrogen) atoms. The highest BCUT2D eigenvalue weighted by molar-refractivity contribution is 9.10. The highest BCUT2D eigenvalue weighted by Crippen LogP contribution is 2.57. The Balaban J connectivity index is 1.84. The lowest BCUT2D eigenvalue weighted by Crippen LogP contribution is -2.45. The van der Waals surface area contributed by atoms with E-state index >= 15 is 0 Å². The van der Waals surface area contributed by atoms with Crippen molar-refractivity contribution in [1.29, 1.82) is 0 Å². The van der Waals surface area contributed by atoms with Gasteiger partial charge >= 0.3 is 6.03 Å². The number of hydrogen-bond acceptors (Lipinski definition) is 4. The van der Waals surface area contributed by atoms with Crippen LogP contribution in [0.1, 0.15) is 37.8 Å². The third-order valence-electron chi connectivity index (χ3n) is 5.73. The van der Waals surface area contributed by atoms with Gasteiger partial charge in [-0.2, -0.15) is 0 Å². The zero-order valence-electron chi connectivity index (χ0n) is 15.8. The lowest BCUT2D eigenvalue weighted by molar-refractivity contribution is 0.0820. The summed E-state index contributed by atoms with van der Waals surface area (Å²) >= 11 is 3.68. The molecule has 2 amide bonds. The number of hydrogen-bond donors (Lipinski definition) is 2. The van der Waals surface area contributed by atoms with Crippen molar-refractivity contribution in [2.24, 2.45) is 0 Å². The van der Waals surface area contributed by atoms with Crippen molar-refractivity contribution in [3.05, 3.63) is 33.8 Å². The van der Waals surface area contributed by atoms with Crippen LogP contribution >= 0.6 is 15.9 Å². The zero-order chi connectivity index (χ0) is 19.3. The lowest BCUT2D eigenvalue weighted by Gasteiger charge is -2.35. The minimum Gasteiger partial charge on any atom is -0.493 e. The number of carbonyl (C=O) groups excluding carboxylic acids is 1. The van der Waals surface area contributed by atoms with E-state index in [4.69, 9.17) is 9.47 Å². The van der Waals surface area contributed by atoms with Crippen LogP contribution < -0.4 is 14.8 Å². The number of aliphatic hydroxyl groups is 1. The highest BCUT2D eigenvalue weighted by atomic mass is 79.9. The molecular formula is C20H25BrN2O4. The maximum absolute atomic E-state index is 12.7. The van der Waals surface area contributed by atoms with Crippen molar-refractivity contribution < 1.29 is 19.4 Å². The molecule has 146 valence electrons. The molecule has 2 heterocycles. The van der Waals surface area contributed by atoms with Gasteiger partial charge in [-0.15, -0.1) is 0 Å². The van der Waals surface area contributed by atoms with Gasteiger partial charge in [0, 0.05) is 35.6 Å². The van der Waals surface area contributed by atoms with Crippen LogP contribution in [0.2, 0.25) is 0 Å². The predicted molar refractivity (Wildman–Crippen MR) is 105 cm³/mol. The summed E-state index contributed by atoms with van der Waals surface area (Å²) in [5.41, 5.74) is 1.78. The van der Waals surface area contributed by atoms with Gasteiger partial charge in [-0.25, -0.2) is 4.79 Å². The van der Waals surface area contributed by atoms with Crippen molar-refractivity contribution in [1.82, 2.24) is 10.2 Å². The summed E-state index contributed by atoms with van der Waals surface area (Å²) in [6, 6.07) is 1.93. The van der Waals surface area contributed by atoms with Gasteiger partial charge in [0.1, 0.15) is 6.10 Å². The standard InChI is InChI=1S/C20H25BrN2O4/c1-11(2)22-19(25)23-7-6-20-5-4-12(24)8-16(20)27-18-15(26-3)9-14(21)13(10-23)17(18)20/h4-5,9,11-12,16,24H,6-8,10H2,1-3H3,(H,22,25). The van der Waals surface area contributed by atoms with Gasteiger partial charge in [0.05, 0.1) is 18.6 Å². The summed E-state index contributed by atoms with van der Waals surface area (Å²) in [5.74, 6) is 1.42. The van der Waals surface area contributed by atoms with Crippen molar-refractivity contribution in [3.63, 3.8) is 0 Å². The predicted octanol–water partition coefficient (Wildman–Crippen LogP) is 3.10. The monoisotopic (exact) mass is 436 g/mol. The van der Waals surface area contributed by atoms with Gasteiger partial charge in [-0.3, -0.25) is 0 Å². The first-order valence-corrected chi connectivity index (χ1v) is 10.1. The molecule has 7 heteroatoms. The SMILES string of the molecule is COc1cc(Br)c2c3c1OC1CC(O)C=CC31CCN(C(=O)NC(C)C)C2. The quantitative estimate of drug-likeness (QED) is 0.698. The molecule has 3 atom stereocenters. The van der Waals surface area contributed by atoms with Gasteiger partial charge in [-0.1, -0.05) is 28.1 Å². The van der Waals surface area contributed by atoms with E-state index in [1.54, 1.807) is 7.11 Å². The Morgan fingerprint density at radius 3 is 3.00 bits per heavy atom. The molecule has 0 bridgehead atoms. The van der Waals surface area contributed by atoms with Crippen molar-refractivity contribution >= 4 is 22.0 Å². The molecule has 0 fully saturated rings. The Kier molecular flexibility index (Phi) is 4.63. The van der Waals surface area contributed by atoms with Gasteiger partial charge in [0.15, 0.2) is 11.5 Å². The number of aliphatic hydroxyl groups excluding tert-OH is 1. The Hall–Kier alpha value is -1.73. The second-order valence-electron chi connectivity index (χ2n) is 7.83. The molecule has 4 rings (SSSR count). The molecule has 0 saturated heterocycles. The average Bonchev–Trinajstić information content (AvgIpc) is 2.82. The number of amides is 2. The lowest BCUT2D eigenvalue weighted by atomic mass is 9.69. The summed E-state index contributed by atoms with van der Waals surface area (Å²) in [6.07, 6.45) is 4.53. The van der Waals surface area contributed by atoms with E-state index in [1.165, 1.54) is 0 Å². The molecule has 1 spiro atoms. The van der Waals surface area contributed by atoms with E-state index in [0.717, 1.165) is 27.8 Å². The van der Waals surface area contributed by atoms with Crippen LogP contribution in [-0.2, 0) is 12.0 Å². The average molecular weight is 437 g/mol. The Labute approximate surface area is 167 Å². The van der Waals surface area contributed by atoms with Crippen molar-refractivity contribution in [3.8, 4) is 11.5 Å². The van der Waals surface area contributed by atoms with Crippen LogP contribution in [0.3, 0.4) is 0 Å². The number of benzene rings is 1. The fraction of sp³-hybridized carbons (Fsp3) is 0.550. The number of urea groups is 1. The summed E-state index contributed by atoms with van der Waals surface area (Å²) in [7, 11) is 1.63. The smallest absolute Gasteiger partial charge is 0.317 e. The molecule has 0 radical (unpaired) electrons. The van der Waals surface area contributed by atoms with Crippen LogP contribution in [0.25, 0.3) is 0 Å². The highest BCUT2D eigenvalue weighted by Gasteiger charge is 2.53. The molecule has 1 aliphatic carbocycles. The van der Waals surface area contributed by atoms with E-state index in [0.29, 0.717) is 25.3 Å². The van der Waals surface area contributed by atoms with Crippen LogP contribution in [-0.4, -0.2) is 47.9 Å². The molecule has 0 saturated carbocycles. The molecular weight excluding hydrogens is 412 g/mol. The number of methoxy groups -OCH3 is 1. The number of nitrogens with zero attached hydrogens (tertiary/aromatic N) is 1. The first kappa shape index (κ1) is 18.6. The fourth-order valence-corrected chi connectivity index (χ4v) is 5.00. The Morgan fingerprint density at radius 2 is 2.30 bits per heavy atom. The van der Waals surface area contributed by atoms with Crippen molar-refractivity contribution in [2.75, 3.05) is 13.7 Å². The third kappa shape index (κ3) is 2.91. The molecule has 2 aliphatic heterocycles.